The molecule has 2 aromatic rings. The summed E-state index contributed by atoms with van der Waals surface area (Å²) in [5.41, 5.74) is 2.53. The Morgan fingerprint density at radius 1 is 1.10 bits per heavy atom. The second kappa shape index (κ2) is 7.34. The maximum atomic E-state index is 5.78. The molecule has 3 rings (SSSR count). The lowest BCUT2D eigenvalue weighted by molar-refractivity contribution is 0.121. The fourth-order valence-corrected chi connectivity index (χ4v) is 2.88. The van der Waals surface area contributed by atoms with E-state index >= 15 is 0 Å². The minimum atomic E-state index is 0.520. The molecule has 21 heavy (non-hydrogen) atoms. The molecule has 0 amide bonds. The summed E-state index contributed by atoms with van der Waals surface area (Å²) in [6.45, 7) is 4.75. The number of hydrogen-bond donors (Lipinski definition) is 0. The molecule has 1 aromatic heterocycles. The second-order valence-electron chi connectivity index (χ2n) is 5.69. The first-order chi connectivity index (χ1) is 10.4. The van der Waals surface area contributed by atoms with Gasteiger partial charge in [-0.1, -0.05) is 36.4 Å². The predicted molar refractivity (Wildman–Crippen MR) is 84.0 cm³/mol. The van der Waals surface area contributed by atoms with Gasteiger partial charge in [0.05, 0.1) is 13.2 Å². The highest BCUT2D eigenvalue weighted by Gasteiger charge is 2.19. The van der Waals surface area contributed by atoms with Gasteiger partial charge in [-0.2, -0.15) is 0 Å². The van der Waals surface area contributed by atoms with Gasteiger partial charge in [0, 0.05) is 37.4 Å². The first-order valence-corrected chi connectivity index (χ1v) is 7.64. The van der Waals surface area contributed by atoms with Gasteiger partial charge in [0.15, 0.2) is 0 Å². The lowest BCUT2D eigenvalue weighted by Gasteiger charge is -2.23. The van der Waals surface area contributed by atoms with E-state index in [2.05, 4.69) is 52.3 Å². The third kappa shape index (κ3) is 4.38. The predicted octanol–water partition coefficient (Wildman–Crippen LogP) is 2.77. The monoisotopic (exact) mass is 282 g/mol. The van der Waals surface area contributed by atoms with Crippen molar-refractivity contribution in [2.75, 3.05) is 26.3 Å². The van der Waals surface area contributed by atoms with Gasteiger partial charge in [-0.05, 0) is 24.1 Å². The molecule has 1 saturated heterocycles. The Morgan fingerprint density at radius 2 is 1.95 bits per heavy atom. The van der Waals surface area contributed by atoms with Crippen LogP contribution in [0.25, 0.3) is 0 Å². The van der Waals surface area contributed by atoms with Crippen molar-refractivity contribution in [3.63, 3.8) is 0 Å². The van der Waals surface area contributed by atoms with Gasteiger partial charge in [0.1, 0.15) is 0 Å². The lowest BCUT2D eigenvalue weighted by atomic mass is 10.0. The van der Waals surface area contributed by atoms with Gasteiger partial charge in [-0.15, -0.1) is 0 Å². The van der Waals surface area contributed by atoms with Crippen molar-refractivity contribution in [2.45, 2.75) is 13.0 Å². The van der Waals surface area contributed by atoms with Crippen molar-refractivity contribution in [1.82, 2.24) is 9.88 Å². The average molecular weight is 282 g/mol. The topological polar surface area (TPSA) is 25.4 Å². The van der Waals surface area contributed by atoms with Crippen molar-refractivity contribution in [1.29, 1.82) is 0 Å². The SMILES string of the molecule is c1ccc(CN2CCOC[C@@H](Cc3ccccn3)C2)cc1. The van der Waals surface area contributed by atoms with Crippen LogP contribution in [0.4, 0.5) is 0 Å². The fraction of sp³-hybridized carbons (Fsp3) is 0.389. The Hall–Kier alpha value is -1.71. The first-order valence-electron chi connectivity index (χ1n) is 7.64. The van der Waals surface area contributed by atoms with Gasteiger partial charge < -0.3 is 4.74 Å². The standard InChI is InChI=1S/C18H22N2O/c1-2-6-16(7-3-1)13-20-10-11-21-15-17(14-20)12-18-8-4-5-9-19-18/h1-9,17H,10-15H2/t17-/m0/s1. The van der Waals surface area contributed by atoms with Crippen molar-refractivity contribution < 1.29 is 4.74 Å². The summed E-state index contributed by atoms with van der Waals surface area (Å²) in [5, 5.41) is 0. The quantitative estimate of drug-likeness (QED) is 0.862. The van der Waals surface area contributed by atoms with E-state index in [1.807, 2.05) is 12.3 Å². The van der Waals surface area contributed by atoms with Crippen LogP contribution in [0.5, 0.6) is 0 Å². The van der Waals surface area contributed by atoms with E-state index in [0.29, 0.717) is 5.92 Å². The number of rotatable bonds is 4. The highest BCUT2D eigenvalue weighted by atomic mass is 16.5. The fourth-order valence-electron chi connectivity index (χ4n) is 2.88. The Balaban J connectivity index is 1.61. The molecule has 0 radical (unpaired) electrons. The highest BCUT2D eigenvalue weighted by molar-refractivity contribution is 5.14. The van der Waals surface area contributed by atoms with E-state index in [0.717, 1.165) is 45.0 Å². The zero-order valence-corrected chi connectivity index (χ0v) is 12.3. The Labute approximate surface area is 126 Å². The van der Waals surface area contributed by atoms with Gasteiger partial charge in [0.2, 0.25) is 0 Å². The molecule has 1 aromatic carbocycles. The summed E-state index contributed by atoms with van der Waals surface area (Å²) in [6, 6.07) is 16.8. The largest absolute Gasteiger partial charge is 0.380 e. The maximum absolute atomic E-state index is 5.78. The van der Waals surface area contributed by atoms with Crippen molar-refractivity contribution in [3.8, 4) is 0 Å². The second-order valence-corrected chi connectivity index (χ2v) is 5.69. The summed E-state index contributed by atoms with van der Waals surface area (Å²) in [4.78, 5) is 6.93. The number of hydrogen-bond acceptors (Lipinski definition) is 3. The van der Waals surface area contributed by atoms with Crippen molar-refractivity contribution in [3.05, 3.63) is 66.0 Å². The Morgan fingerprint density at radius 3 is 2.76 bits per heavy atom. The molecule has 0 N–H and O–H groups in total. The van der Waals surface area contributed by atoms with E-state index in [9.17, 15) is 0 Å². The van der Waals surface area contributed by atoms with Gasteiger partial charge >= 0.3 is 0 Å². The number of nitrogens with zero attached hydrogens (tertiary/aromatic N) is 2. The van der Waals surface area contributed by atoms with Crippen LogP contribution in [0.15, 0.2) is 54.7 Å². The van der Waals surface area contributed by atoms with Crippen LogP contribution in [0, 0.1) is 5.92 Å². The van der Waals surface area contributed by atoms with Crippen LogP contribution in [-0.4, -0.2) is 36.2 Å². The van der Waals surface area contributed by atoms with Crippen molar-refractivity contribution >= 4 is 0 Å². The molecule has 0 spiro atoms. The minimum absolute atomic E-state index is 0.520. The lowest BCUT2D eigenvalue weighted by Crippen LogP contribution is -2.30. The molecule has 1 fully saturated rings. The van der Waals surface area contributed by atoms with Crippen LogP contribution in [-0.2, 0) is 17.7 Å². The summed E-state index contributed by atoms with van der Waals surface area (Å²) in [6.07, 6.45) is 2.86. The molecule has 0 unspecified atom stereocenters. The minimum Gasteiger partial charge on any atom is -0.380 e. The average Bonchev–Trinajstić information content (AvgIpc) is 2.74. The number of aromatic nitrogens is 1. The molecule has 1 aliphatic heterocycles. The van der Waals surface area contributed by atoms with E-state index in [1.54, 1.807) is 0 Å². The maximum Gasteiger partial charge on any atom is 0.0593 e. The summed E-state index contributed by atoms with van der Waals surface area (Å²) in [7, 11) is 0. The number of ether oxygens (including phenoxy) is 1. The van der Waals surface area contributed by atoms with Gasteiger partial charge in [-0.25, -0.2) is 0 Å². The number of pyridine rings is 1. The third-order valence-electron chi connectivity index (χ3n) is 3.89. The van der Waals surface area contributed by atoms with Gasteiger partial charge in [-0.3, -0.25) is 9.88 Å². The summed E-state index contributed by atoms with van der Waals surface area (Å²) < 4.78 is 5.78. The van der Waals surface area contributed by atoms with E-state index in [1.165, 1.54) is 5.56 Å². The Bertz CT molecular complexity index is 480. The normalized spacial score (nSPS) is 20.1. The Kier molecular flexibility index (Phi) is 4.98. The van der Waals surface area contributed by atoms with E-state index in [4.69, 9.17) is 4.74 Å². The van der Waals surface area contributed by atoms with Crippen LogP contribution < -0.4 is 0 Å². The van der Waals surface area contributed by atoms with Crippen LogP contribution in [0.3, 0.4) is 0 Å². The zero-order chi connectivity index (χ0) is 14.3. The molecule has 0 bridgehead atoms. The molecular formula is C18H22N2O. The highest BCUT2D eigenvalue weighted by Crippen LogP contribution is 2.14. The van der Waals surface area contributed by atoms with Crippen molar-refractivity contribution in [2.24, 2.45) is 5.92 Å². The first kappa shape index (κ1) is 14.2. The van der Waals surface area contributed by atoms with Gasteiger partial charge in [0.25, 0.3) is 0 Å². The molecule has 0 aliphatic carbocycles. The molecule has 1 atom stereocenters. The molecule has 3 heteroatoms. The van der Waals surface area contributed by atoms with E-state index in [-0.39, 0.29) is 0 Å². The molecule has 1 aliphatic rings. The smallest absolute Gasteiger partial charge is 0.0593 e. The zero-order valence-electron chi connectivity index (χ0n) is 12.3. The molecule has 0 saturated carbocycles. The summed E-state index contributed by atoms with van der Waals surface area (Å²) in [5.74, 6) is 0.520. The molecule has 2 heterocycles. The summed E-state index contributed by atoms with van der Waals surface area (Å²) >= 11 is 0. The molecular weight excluding hydrogens is 260 g/mol. The third-order valence-corrected chi connectivity index (χ3v) is 3.89. The van der Waals surface area contributed by atoms with E-state index < -0.39 is 0 Å². The van der Waals surface area contributed by atoms with Crippen LogP contribution >= 0.6 is 0 Å². The molecule has 110 valence electrons. The van der Waals surface area contributed by atoms with Crippen LogP contribution in [0.2, 0.25) is 0 Å². The molecule has 3 nitrogen and oxygen atoms in total. The van der Waals surface area contributed by atoms with Crippen LogP contribution in [0.1, 0.15) is 11.3 Å². The number of benzene rings is 1.